The van der Waals surface area contributed by atoms with Crippen molar-refractivity contribution in [1.82, 2.24) is 0 Å². The number of nitriles is 1. The molecule has 0 bridgehead atoms. The fourth-order valence-electron chi connectivity index (χ4n) is 2.00. The number of nitrogens with zero attached hydrogens (tertiary/aromatic N) is 2. The Kier molecular flexibility index (Phi) is 3.07. The number of benzene rings is 1. The van der Waals surface area contributed by atoms with Crippen LogP contribution in [-0.4, -0.2) is 24.2 Å². The summed E-state index contributed by atoms with van der Waals surface area (Å²) < 4.78 is 13.7. The Balaban J connectivity index is 2.42. The molecule has 2 rings (SSSR count). The molecule has 1 amide bonds. The first-order chi connectivity index (χ1) is 8.17. The number of rotatable bonds is 2. The Hall–Kier alpha value is -1.93. The van der Waals surface area contributed by atoms with Crippen molar-refractivity contribution >= 4 is 11.6 Å². The van der Waals surface area contributed by atoms with Crippen LogP contribution in [0, 0.1) is 23.1 Å². The summed E-state index contributed by atoms with van der Waals surface area (Å²) in [6.07, 6.45) is 0.190. The van der Waals surface area contributed by atoms with Gasteiger partial charge in [0, 0.05) is 25.5 Å². The van der Waals surface area contributed by atoms with Gasteiger partial charge in [-0.05, 0) is 12.1 Å². The molecule has 1 fully saturated rings. The SMILES string of the molecule is N#Cc1cccc(F)c1N1CC(CO)CC1=O. The van der Waals surface area contributed by atoms with Crippen molar-refractivity contribution in [3.63, 3.8) is 0 Å². The molecule has 1 unspecified atom stereocenters. The van der Waals surface area contributed by atoms with E-state index in [1.165, 1.54) is 23.1 Å². The predicted octanol–water partition coefficient (Wildman–Crippen LogP) is 1.04. The minimum atomic E-state index is -0.587. The molecule has 1 heterocycles. The largest absolute Gasteiger partial charge is 0.396 e. The maximum absolute atomic E-state index is 13.7. The highest BCUT2D eigenvalue weighted by Crippen LogP contribution is 2.30. The first-order valence-corrected chi connectivity index (χ1v) is 5.27. The second-order valence-corrected chi connectivity index (χ2v) is 4.00. The lowest BCUT2D eigenvalue weighted by atomic mass is 10.1. The zero-order chi connectivity index (χ0) is 12.4. The van der Waals surface area contributed by atoms with Gasteiger partial charge in [0.2, 0.25) is 5.91 Å². The molecule has 1 aromatic rings. The van der Waals surface area contributed by atoms with Crippen LogP contribution in [0.4, 0.5) is 10.1 Å². The molecule has 17 heavy (non-hydrogen) atoms. The van der Waals surface area contributed by atoms with E-state index in [9.17, 15) is 9.18 Å². The van der Waals surface area contributed by atoms with E-state index in [-0.39, 0.29) is 42.6 Å². The number of halogens is 1. The quantitative estimate of drug-likeness (QED) is 0.831. The number of hydrogen-bond acceptors (Lipinski definition) is 3. The summed E-state index contributed by atoms with van der Waals surface area (Å²) in [6, 6.07) is 5.99. The third kappa shape index (κ3) is 1.99. The van der Waals surface area contributed by atoms with Gasteiger partial charge in [0.1, 0.15) is 11.9 Å². The van der Waals surface area contributed by atoms with Gasteiger partial charge in [-0.25, -0.2) is 4.39 Å². The predicted molar refractivity (Wildman–Crippen MR) is 58.7 cm³/mol. The molecule has 5 heteroatoms. The standard InChI is InChI=1S/C12H11FN2O2/c13-10-3-1-2-9(5-14)12(10)15-6-8(7-16)4-11(15)17/h1-3,8,16H,4,6-7H2. The second kappa shape index (κ2) is 4.52. The minimum Gasteiger partial charge on any atom is -0.396 e. The van der Waals surface area contributed by atoms with Crippen LogP contribution in [0.15, 0.2) is 18.2 Å². The molecular weight excluding hydrogens is 223 g/mol. The second-order valence-electron chi connectivity index (χ2n) is 4.00. The summed E-state index contributed by atoms with van der Waals surface area (Å²) in [6.45, 7) is 0.142. The van der Waals surface area contributed by atoms with Gasteiger partial charge in [-0.15, -0.1) is 0 Å². The Morgan fingerprint density at radius 3 is 2.94 bits per heavy atom. The fraction of sp³-hybridized carbons (Fsp3) is 0.333. The lowest BCUT2D eigenvalue weighted by Crippen LogP contribution is -2.26. The highest BCUT2D eigenvalue weighted by molar-refractivity contribution is 5.97. The lowest BCUT2D eigenvalue weighted by Gasteiger charge is -2.18. The van der Waals surface area contributed by atoms with Crippen molar-refractivity contribution in [2.24, 2.45) is 5.92 Å². The van der Waals surface area contributed by atoms with Crippen LogP contribution >= 0.6 is 0 Å². The zero-order valence-corrected chi connectivity index (χ0v) is 9.06. The molecular formula is C12H11FN2O2. The molecule has 1 N–H and O–H groups in total. The van der Waals surface area contributed by atoms with E-state index in [0.717, 1.165) is 0 Å². The molecule has 88 valence electrons. The maximum atomic E-state index is 13.7. The van der Waals surface area contributed by atoms with Crippen LogP contribution in [0.5, 0.6) is 0 Å². The van der Waals surface area contributed by atoms with Gasteiger partial charge < -0.3 is 10.0 Å². The average molecular weight is 234 g/mol. The molecule has 1 aromatic carbocycles. The summed E-state index contributed by atoms with van der Waals surface area (Å²) in [5.41, 5.74) is 0.160. The van der Waals surface area contributed by atoms with Crippen LogP contribution < -0.4 is 4.90 Å². The minimum absolute atomic E-state index is 0.0240. The first-order valence-electron chi connectivity index (χ1n) is 5.27. The normalized spacial score (nSPS) is 19.5. The number of carbonyl (C=O) groups is 1. The highest BCUT2D eigenvalue weighted by Gasteiger charge is 2.32. The highest BCUT2D eigenvalue weighted by atomic mass is 19.1. The Morgan fingerprint density at radius 2 is 2.35 bits per heavy atom. The fourth-order valence-corrected chi connectivity index (χ4v) is 2.00. The summed E-state index contributed by atoms with van der Waals surface area (Å²) in [5, 5.41) is 17.9. The molecule has 0 spiro atoms. The van der Waals surface area contributed by atoms with E-state index in [4.69, 9.17) is 10.4 Å². The number of amides is 1. The van der Waals surface area contributed by atoms with Gasteiger partial charge in [0.15, 0.2) is 0 Å². The molecule has 1 saturated heterocycles. The number of aliphatic hydroxyl groups excluding tert-OH is 1. The zero-order valence-electron chi connectivity index (χ0n) is 9.06. The number of hydrogen-bond donors (Lipinski definition) is 1. The molecule has 0 aromatic heterocycles. The summed E-state index contributed by atoms with van der Waals surface area (Å²) in [5.74, 6) is -1.03. The van der Waals surface area contributed by atoms with Gasteiger partial charge >= 0.3 is 0 Å². The Labute approximate surface area is 97.9 Å². The topological polar surface area (TPSA) is 64.3 Å². The number of para-hydroxylation sites is 1. The summed E-state index contributed by atoms with van der Waals surface area (Å²) in [4.78, 5) is 12.9. The van der Waals surface area contributed by atoms with Crippen LogP contribution in [0.2, 0.25) is 0 Å². The van der Waals surface area contributed by atoms with E-state index in [0.29, 0.717) is 0 Å². The van der Waals surface area contributed by atoms with E-state index in [1.54, 1.807) is 0 Å². The first kappa shape index (κ1) is 11.6. The van der Waals surface area contributed by atoms with Crippen LogP contribution in [0.3, 0.4) is 0 Å². The maximum Gasteiger partial charge on any atom is 0.227 e. The molecule has 1 aliphatic heterocycles. The number of aliphatic hydroxyl groups is 1. The van der Waals surface area contributed by atoms with Crippen molar-refractivity contribution in [3.8, 4) is 6.07 Å². The third-order valence-electron chi connectivity index (χ3n) is 2.84. The molecule has 0 aliphatic carbocycles. The van der Waals surface area contributed by atoms with Crippen LogP contribution in [0.25, 0.3) is 0 Å². The molecule has 0 radical (unpaired) electrons. The van der Waals surface area contributed by atoms with Crippen molar-refractivity contribution in [2.45, 2.75) is 6.42 Å². The summed E-state index contributed by atoms with van der Waals surface area (Å²) >= 11 is 0. The van der Waals surface area contributed by atoms with E-state index < -0.39 is 5.82 Å². The van der Waals surface area contributed by atoms with Gasteiger partial charge in [0.25, 0.3) is 0 Å². The van der Waals surface area contributed by atoms with Crippen molar-refractivity contribution in [1.29, 1.82) is 5.26 Å². The summed E-state index contributed by atoms with van der Waals surface area (Å²) in [7, 11) is 0. The van der Waals surface area contributed by atoms with E-state index in [1.807, 2.05) is 6.07 Å². The molecule has 0 saturated carbocycles. The van der Waals surface area contributed by atoms with Crippen molar-refractivity contribution < 1.29 is 14.3 Å². The van der Waals surface area contributed by atoms with Gasteiger partial charge in [-0.1, -0.05) is 6.07 Å². The monoisotopic (exact) mass is 234 g/mol. The molecule has 1 aliphatic rings. The Bertz CT molecular complexity index is 496. The van der Waals surface area contributed by atoms with Crippen molar-refractivity contribution in [2.75, 3.05) is 18.1 Å². The number of anilines is 1. The van der Waals surface area contributed by atoms with Crippen molar-refractivity contribution in [3.05, 3.63) is 29.6 Å². The van der Waals surface area contributed by atoms with Crippen LogP contribution in [-0.2, 0) is 4.79 Å². The lowest BCUT2D eigenvalue weighted by molar-refractivity contribution is -0.117. The van der Waals surface area contributed by atoms with Gasteiger partial charge in [-0.3, -0.25) is 4.79 Å². The third-order valence-corrected chi connectivity index (χ3v) is 2.84. The number of carbonyl (C=O) groups excluding carboxylic acids is 1. The smallest absolute Gasteiger partial charge is 0.227 e. The molecule has 4 nitrogen and oxygen atoms in total. The van der Waals surface area contributed by atoms with Gasteiger partial charge in [-0.2, -0.15) is 5.26 Å². The van der Waals surface area contributed by atoms with Crippen LogP contribution in [0.1, 0.15) is 12.0 Å². The Morgan fingerprint density at radius 1 is 1.59 bits per heavy atom. The van der Waals surface area contributed by atoms with Gasteiger partial charge in [0.05, 0.1) is 11.3 Å². The van der Waals surface area contributed by atoms with E-state index in [2.05, 4.69) is 0 Å². The van der Waals surface area contributed by atoms with E-state index >= 15 is 0 Å². The average Bonchev–Trinajstić information content (AvgIpc) is 2.70. The molecule has 1 atom stereocenters.